The molecular formula is C3H16Cl2N6Pt2-4. The second-order valence-corrected chi connectivity index (χ2v) is 0.854. The maximum atomic E-state index is 6.48. The number of nitrogens with two attached hydrogens (primary N) is 4. The second kappa shape index (κ2) is 99.7. The molecular weight excluding hydrogens is 581 g/mol. The van der Waals surface area contributed by atoms with Crippen molar-refractivity contribution in [2.45, 2.75) is 6.42 Å². The second-order valence-electron chi connectivity index (χ2n) is 0.854. The third-order valence-electron chi connectivity index (χ3n) is 0.354. The van der Waals surface area contributed by atoms with Gasteiger partial charge in [0.15, 0.2) is 0 Å². The molecule has 0 aromatic carbocycles. The van der Waals surface area contributed by atoms with Crippen LogP contribution in [0.25, 0.3) is 36.1 Å². The summed E-state index contributed by atoms with van der Waals surface area (Å²) >= 11 is 3.22. The minimum absolute atomic E-state index is 0. The van der Waals surface area contributed by atoms with Gasteiger partial charge in [-0.2, -0.15) is 13.1 Å². The van der Waals surface area contributed by atoms with Crippen LogP contribution in [-0.2, 0) is 37.5 Å². The van der Waals surface area contributed by atoms with Crippen LogP contribution in [0.4, 0.5) is 0 Å². The molecule has 0 saturated carbocycles. The van der Waals surface area contributed by atoms with Gasteiger partial charge < -0.3 is 36.1 Å². The molecule has 0 aliphatic rings. The molecule has 0 amide bonds. The molecule has 0 saturated heterocycles. The van der Waals surface area contributed by atoms with Gasteiger partial charge in [-0.3, -0.25) is 0 Å². The maximum absolute atomic E-state index is 6.48. The van der Waals surface area contributed by atoms with E-state index in [1.807, 2.05) is 0 Å². The summed E-state index contributed by atoms with van der Waals surface area (Å²) in [5, 5.41) is 0. The average molecular weight is 597 g/mol. The predicted octanol–water partition coefficient (Wildman–Crippen LogP) is 5.72. The molecule has 0 radical (unpaired) electrons. The van der Waals surface area contributed by atoms with Crippen molar-refractivity contribution in [3.63, 3.8) is 0 Å². The smallest absolute Gasteiger partial charge is 0.0916 e. The molecule has 0 aliphatic carbocycles. The van der Waals surface area contributed by atoms with Gasteiger partial charge in [0.1, 0.15) is 0 Å². The van der Waals surface area contributed by atoms with Crippen molar-refractivity contribution in [3.05, 3.63) is 36.1 Å². The molecule has 96 valence electrons. The molecule has 0 aromatic heterocycles. The third kappa shape index (κ3) is 136. The molecule has 0 unspecified atom stereocenters. The first kappa shape index (κ1) is 46.5. The molecule has 6 nitrogen and oxygen atoms in total. The number of rotatable bonds is 2. The Kier molecular flexibility index (Phi) is 357. The zero-order valence-corrected chi connectivity index (χ0v) is 12.9. The summed E-state index contributed by atoms with van der Waals surface area (Å²) < 4.78 is 0. The van der Waals surface area contributed by atoms with Crippen molar-refractivity contribution in [2.75, 3.05) is 13.1 Å². The fraction of sp³-hybridized carbons (Fsp3) is 1.00. The molecule has 0 fully saturated rings. The molecule has 0 bridgehead atoms. The minimum Gasteiger partial charge on any atom is -0.693 e. The van der Waals surface area contributed by atoms with E-state index in [4.69, 9.17) is 11.5 Å². The van der Waals surface area contributed by atoms with E-state index in [1.54, 1.807) is 37.5 Å². The van der Waals surface area contributed by atoms with Crippen LogP contribution in [0.2, 0.25) is 0 Å². The van der Waals surface area contributed by atoms with E-state index >= 15 is 0 Å². The van der Waals surface area contributed by atoms with E-state index in [1.165, 1.54) is 0 Å². The number of halogens is 2. The molecule has 0 heterocycles. The van der Waals surface area contributed by atoms with Crippen LogP contribution in [0.3, 0.4) is 0 Å². The van der Waals surface area contributed by atoms with Crippen LogP contribution in [-0.4, -0.2) is 13.1 Å². The number of nitrogens with one attached hydrogen (secondary N) is 2. The summed E-state index contributed by atoms with van der Waals surface area (Å²) in [7, 11) is 9.22. The molecule has 0 aliphatic heterocycles. The van der Waals surface area contributed by atoms with Crippen LogP contribution in [0, 0.1) is 0 Å². The van der Waals surface area contributed by atoms with Gasteiger partial charge in [-0.25, -0.2) is 0 Å². The van der Waals surface area contributed by atoms with Crippen molar-refractivity contribution in [3.8, 4) is 0 Å². The van der Waals surface area contributed by atoms with Gasteiger partial charge in [-0.05, 0) is 0 Å². The average Bonchev–Trinajstić information content (AvgIpc) is 1.98. The summed E-state index contributed by atoms with van der Waals surface area (Å²) in [6.07, 6.45) is 0.722. The van der Waals surface area contributed by atoms with Gasteiger partial charge in [0.25, 0.3) is 0 Å². The normalized spacial score (nSPS) is 4.31. The third-order valence-corrected chi connectivity index (χ3v) is 0.354. The first-order chi connectivity index (χ1) is 4.41. The van der Waals surface area contributed by atoms with Crippen molar-refractivity contribution in [2.24, 2.45) is 0 Å². The first-order valence-electron chi connectivity index (χ1n) is 1.95. The maximum Gasteiger partial charge on any atom is -0.0916 e. The zero-order chi connectivity index (χ0) is 8.12. The van der Waals surface area contributed by atoms with Crippen molar-refractivity contribution in [1.29, 1.82) is 0 Å². The van der Waals surface area contributed by atoms with Gasteiger partial charge in [0, 0.05) is 0 Å². The molecule has 10 heteroatoms. The molecule has 13 heavy (non-hydrogen) atoms. The van der Waals surface area contributed by atoms with Crippen LogP contribution in [0.5, 0.6) is 0 Å². The predicted molar refractivity (Wildman–Crippen MR) is 55.8 cm³/mol. The molecule has 10 N–H and O–H groups in total. The van der Waals surface area contributed by atoms with Crippen molar-refractivity contribution >= 4 is 18.8 Å². The molecule has 0 atom stereocenters. The number of hydrogen-bond donors (Lipinski definition) is 0. The SMILES string of the molecule is [Cl][Pt+].[Cl][Pt+].[NH-]CCC[NH-].[NH2-].[NH2-].[NH2-].[NH2-]. The van der Waals surface area contributed by atoms with Crippen LogP contribution < -0.4 is 0 Å². The Balaban J connectivity index is -0.00000000818. The fourth-order valence-electron chi connectivity index (χ4n) is 0.0884. The fourth-order valence-corrected chi connectivity index (χ4v) is 0.0884. The molecule has 0 spiro atoms. The monoisotopic (exact) mass is 596 g/mol. The summed E-state index contributed by atoms with van der Waals surface area (Å²) in [5.74, 6) is 0. The van der Waals surface area contributed by atoms with Gasteiger partial charge in [-0.15, -0.1) is 0 Å². The van der Waals surface area contributed by atoms with Crippen LogP contribution in [0.15, 0.2) is 0 Å². The quantitative estimate of drug-likeness (QED) is 0.378. The Bertz CT molecular complexity index is 31.4. The molecule has 0 rings (SSSR count). The Morgan fingerprint density at radius 2 is 0.846 bits per heavy atom. The first-order valence-corrected chi connectivity index (χ1v) is 7.58. The largest absolute Gasteiger partial charge is 0.693 e. The van der Waals surface area contributed by atoms with E-state index in [9.17, 15) is 0 Å². The van der Waals surface area contributed by atoms with E-state index in [2.05, 4.69) is 18.8 Å². The van der Waals surface area contributed by atoms with E-state index < -0.39 is 0 Å². The summed E-state index contributed by atoms with van der Waals surface area (Å²) in [6.45, 7) is 0.812. The Labute approximate surface area is 111 Å². The topological polar surface area (TPSA) is 182 Å². The van der Waals surface area contributed by atoms with Gasteiger partial charge in [0.2, 0.25) is 0 Å². The molecule has 0 aromatic rings. The van der Waals surface area contributed by atoms with Gasteiger partial charge in [-0.1, -0.05) is 6.42 Å². The number of hydrogen-bond acceptors (Lipinski definition) is 0. The Morgan fingerprint density at radius 3 is 0.846 bits per heavy atom. The zero-order valence-electron chi connectivity index (χ0n) is 6.82. The van der Waals surface area contributed by atoms with Crippen molar-refractivity contribution < 1.29 is 37.5 Å². The summed E-state index contributed by atoms with van der Waals surface area (Å²) in [4.78, 5) is 0. The Morgan fingerprint density at radius 1 is 0.692 bits per heavy atom. The van der Waals surface area contributed by atoms with E-state index in [-0.39, 0.29) is 24.6 Å². The van der Waals surface area contributed by atoms with Crippen LogP contribution in [0.1, 0.15) is 6.42 Å². The van der Waals surface area contributed by atoms with Crippen molar-refractivity contribution in [1.82, 2.24) is 0 Å². The van der Waals surface area contributed by atoms with E-state index in [0.29, 0.717) is 13.1 Å². The van der Waals surface area contributed by atoms with Gasteiger partial charge in [0.05, 0.1) is 0 Å². The summed E-state index contributed by atoms with van der Waals surface area (Å²) in [6, 6.07) is 0. The minimum atomic E-state index is 0. The van der Waals surface area contributed by atoms with Gasteiger partial charge >= 0.3 is 56.4 Å². The van der Waals surface area contributed by atoms with Crippen LogP contribution >= 0.6 is 18.8 Å². The van der Waals surface area contributed by atoms with E-state index in [0.717, 1.165) is 6.42 Å². The summed E-state index contributed by atoms with van der Waals surface area (Å²) in [5.41, 5.74) is 13.0. The standard InChI is InChI=1S/C3H8N2.2ClH.4H2N.2Pt/c4-2-1-3-5;;;;;;;;/h4-5H,1-3H2;2*1H;4*1H2;;/q-2;;;4*-1;2*+2/p-2. The Hall–Kier alpha value is 1.72.